The molecular weight excluding hydrogens is 412 g/mol. The predicted octanol–water partition coefficient (Wildman–Crippen LogP) is 10.6. The van der Waals surface area contributed by atoms with Crippen LogP contribution in [0.1, 0.15) is 108 Å². The van der Waals surface area contributed by atoms with Gasteiger partial charge in [0.15, 0.2) is 0 Å². The molecule has 2 heteroatoms. The molecule has 0 radical (unpaired) electrons. The standard InChI is InChI=1S/2C12H15N.4C2H6/c1-12(2,3)10-6-4-8-13-9-5-7-11(10)13;1-12(2,3)11-8-4-6-10-7-5-9-13(10)11;4*1-2/h2*4-9H,1-3H3;4*1-2H3. The van der Waals surface area contributed by atoms with E-state index in [9.17, 15) is 0 Å². The highest BCUT2D eigenvalue weighted by molar-refractivity contribution is 5.57. The summed E-state index contributed by atoms with van der Waals surface area (Å²) in [6.07, 6.45) is 6.30. The van der Waals surface area contributed by atoms with E-state index in [1.54, 1.807) is 0 Å². The third-order valence-corrected chi connectivity index (χ3v) is 4.70. The summed E-state index contributed by atoms with van der Waals surface area (Å²) in [7, 11) is 0. The minimum Gasteiger partial charge on any atom is -0.324 e. The molecule has 0 aliphatic heterocycles. The van der Waals surface area contributed by atoms with Crippen LogP contribution in [0.15, 0.2) is 73.2 Å². The Kier molecular flexibility index (Phi) is 16.9. The van der Waals surface area contributed by atoms with E-state index in [0.29, 0.717) is 0 Å². The minimum atomic E-state index is 0.207. The van der Waals surface area contributed by atoms with Crippen molar-refractivity contribution in [1.29, 1.82) is 0 Å². The maximum Gasteiger partial charge on any atom is 0.0487 e. The molecule has 4 aromatic rings. The van der Waals surface area contributed by atoms with Gasteiger partial charge in [-0.15, -0.1) is 0 Å². The minimum absolute atomic E-state index is 0.207. The Bertz CT molecular complexity index is 921. The molecule has 4 heterocycles. The molecule has 0 saturated heterocycles. The normalized spacial score (nSPS) is 10.1. The summed E-state index contributed by atoms with van der Waals surface area (Å²) < 4.78 is 4.42. The molecule has 0 bridgehead atoms. The zero-order valence-corrected chi connectivity index (χ0v) is 24.8. The molecular formula is C32H54N2. The van der Waals surface area contributed by atoms with Crippen molar-refractivity contribution in [3.63, 3.8) is 0 Å². The van der Waals surface area contributed by atoms with Gasteiger partial charge >= 0.3 is 0 Å². The van der Waals surface area contributed by atoms with Crippen molar-refractivity contribution in [3.05, 3.63) is 84.4 Å². The van der Waals surface area contributed by atoms with E-state index in [1.807, 2.05) is 55.4 Å². The van der Waals surface area contributed by atoms with Gasteiger partial charge in [0.1, 0.15) is 0 Å². The maximum atomic E-state index is 2.25. The van der Waals surface area contributed by atoms with Gasteiger partial charge in [0.25, 0.3) is 0 Å². The number of fused-ring (bicyclic) bond motifs is 2. The number of nitrogens with zero attached hydrogens (tertiary/aromatic N) is 2. The number of pyridine rings is 2. The second-order valence-corrected chi connectivity index (χ2v) is 8.94. The molecule has 0 amide bonds. The summed E-state index contributed by atoms with van der Waals surface area (Å²) in [5.41, 5.74) is 5.77. The molecule has 0 aliphatic carbocycles. The molecule has 0 saturated carbocycles. The van der Waals surface area contributed by atoms with E-state index in [1.165, 1.54) is 22.3 Å². The van der Waals surface area contributed by atoms with Gasteiger partial charge in [-0.2, -0.15) is 0 Å². The Morgan fingerprint density at radius 3 is 1.47 bits per heavy atom. The van der Waals surface area contributed by atoms with Crippen molar-refractivity contribution < 1.29 is 0 Å². The smallest absolute Gasteiger partial charge is 0.0487 e. The molecule has 2 nitrogen and oxygen atoms in total. The Balaban J connectivity index is 0. The molecule has 4 aromatic heterocycles. The first kappa shape index (κ1) is 33.7. The highest BCUT2D eigenvalue weighted by Crippen LogP contribution is 2.26. The third kappa shape index (κ3) is 9.79. The van der Waals surface area contributed by atoms with Crippen molar-refractivity contribution in [3.8, 4) is 0 Å². The average molecular weight is 467 g/mol. The van der Waals surface area contributed by atoms with Crippen LogP contribution >= 0.6 is 0 Å². The van der Waals surface area contributed by atoms with Crippen LogP contribution in [-0.2, 0) is 10.8 Å². The maximum absolute atomic E-state index is 2.25. The summed E-state index contributed by atoms with van der Waals surface area (Å²) in [5.74, 6) is 0. The molecule has 34 heavy (non-hydrogen) atoms. The van der Waals surface area contributed by atoms with Crippen molar-refractivity contribution in [1.82, 2.24) is 8.80 Å². The van der Waals surface area contributed by atoms with Crippen LogP contribution in [-0.4, -0.2) is 8.80 Å². The van der Waals surface area contributed by atoms with E-state index in [0.717, 1.165) is 0 Å². The first-order valence-corrected chi connectivity index (χ1v) is 13.3. The SMILES string of the molecule is CC.CC.CC.CC.CC(C)(C)c1cccc2cccn12.CC(C)(C)c1cccn2cccc12. The zero-order chi connectivity index (χ0) is 26.9. The molecule has 0 spiro atoms. The molecule has 192 valence electrons. The Hall–Kier alpha value is -2.48. The number of rotatable bonds is 0. The van der Waals surface area contributed by atoms with E-state index >= 15 is 0 Å². The highest BCUT2D eigenvalue weighted by atomic mass is 14.9. The lowest BCUT2D eigenvalue weighted by Crippen LogP contribution is -2.15. The van der Waals surface area contributed by atoms with E-state index < -0.39 is 0 Å². The fourth-order valence-electron chi connectivity index (χ4n) is 3.38. The van der Waals surface area contributed by atoms with E-state index in [2.05, 4.69) is 124 Å². The second-order valence-electron chi connectivity index (χ2n) is 8.94. The van der Waals surface area contributed by atoms with Crippen LogP contribution < -0.4 is 0 Å². The van der Waals surface area contributed by atoms with Gasteiger partial charge in [-0.05, 0) is 53.4 Å². The lowest BCUT2D eigenvalue weighted by atomic mass is 9.87. The number of hydrogen-bond donors (Lipinski definition) is 0. The van der Waals surface area contributed by atoms with E-state index in [-0.39, 0.29) is 10.8 Å². The molecule has 0 fully saturated rings. The van der Waals surface area contributed by atoms with Crippen LogP contribution in [0.2, 0.25) is 0 Å². The van der Waals surface area contributed by atoms with Crippen molar-refractivity contribution in [2.24, 2.45) is 0 Å². The zero-order valence-electron chi connectivity index (χ0n) is 24.8. The molecule has 0 unspecified atom stereocenters. The van der Waals surface area contributed by atoms with Gasteiger partial charge in [-0.3, -0.25) is 0 Å². The first-order chi connectivity index (χ1) is 16.2. The average Bonchev–Trinajstić information content (AvgIpc) is 3.52. The van der Waals surface area contributed by atoms with Gasteiger partial charge in [0, 0.05) is 40.7 Å². The second kappa shape index (κ2) is 17.0. The molecule has 0 aliphatic rings. The first-order valence-electron chi connectivity index (χ1n) is 13.3. The molecule has 0 N–H and O–H groups in total. The topological polar surface area (TPSA) is 8.82 Å². The Morgan fingerprint density at radius 1 is 0.500 bits per heavy atom. The van der Waals surface area contributed by atoms with Gasteiger partial charge in [0.05, 0.1) is 0 Å². The molecule has 0 atom stereocenters. The van der Waals surface area contributed by atoms with Gasteiger partial charge in [-0.1, -0.05) is 109 Å². The van der Waals surface area contributed by atoms with Crippen LogP contribution in [0.3, 0.4) is 0 Å². The van der Waals surface area contributed by atoms with Crippen molar-refractivity contribution in [2.45, 2.75) is 108 Å². The van der Waals surface area contributed by atoms with Crippen molar-refractivity contribution >= 4 is 11.0 Å². The predicted molar refractivity (Wildman–Crippen MR) is 158 cm³/mol. The quantitative estimate of drug-likeness (QED) is 0.244. The fourth-order valence-corrected chi connectivity index (χ4v) is 3.38. The number of hydrogen-bond acceptors (Lipinski definition) is 0. The number of aromatic nitrogens is 2. The fraction of sp³-hybridized carbons (Fsp3) is 0.500. The lowest BCUT2D eigenvalue weighted by molar-refractivity contribution is 0.561. The largest absolute Gasteiger partial charge is 0.324 e. The monoisotopic (exact) mass is 466 g/mol. The van der Waals surface area contributed by atoms with Gasteiger partial charge in [0.2, 0.25) is 0 Å². The summed E-state index contributed by atoms with van der Waals surface area (Å²) in [5, 5.41) is 0. The summed E-state index contributed by atoms with van der Waals surface area (Å²) >= 11 is 0. The molecule has 4 rings (SSSR count). The van der Waals surface area contributed by atoms with E-state index in [4.69, 9.17) is 0 Å². The van der Waals surface area contributed by atoms with Crippen LogP contribution in [0.5, 0.6) is 0 Å². The summed E-state index contributed by atoms with van der Waals surface area (Å²) in [6.45, 7) is 29.4. The Morgan fingerprint density at radius 2 is 0.971 bits per heavy atom. The third-order valence-electron chi connectivity index (χ3n) is 4.70. The van der Waals surface area contributed by atoms with Gasteiger partial charge < -0.3 is 8.80 Å². The van der Waals surface area contributed by atoms with Crippen molar-refractivity contribution in [2.75, 3.05) is 0 Å². The summed E-state index contributed by atoms with van der Waals surface area (Å²) in [4.78, 5) is 0. The Labute approximate surface area is 212 Å². The lowest BCUT2D eigenvalue weighted by Gasteiger charge is -2.20. The summed E-state index contributed by atoms with van der Waals surface area (Å²) in [6, 6.07) is 19.2. The highest BCUT2D eigenvalue weighted by Gasteiger charge is 2.16. The van der Waals surface area contributed by atoms with Crippen LogP contribution in [0.4, 0.5) is 0 Å². The van der Waals surface area contributed by atoms with Crippen LogP contribution in [0.25, 0.3) is 11.0 Å². The van der Waals surface area contributed by atoms with Gasteiger partial charge in [-0.25, -0.2) is 0 Å². The molecule has 0 aromatic carbocycles. The van der Waals surface area contributed by atoms with Crippen LogP contribution in [0, 0.1) is 0 Å².